The highest BCUT2D eigenvalue weighted by Crippen LogP contribution is 2.27. The Hall–Kier alpha value is -1.60. The summed E-state index contributed by atoms with van der Waals surface area (Å²) in [4.78, 5) is 24.2. The molecule has 2 rings (SSSR count). The fourth-order valence-corrected chi connectivity index (χ4v) is 2.21. The van der Waals surface area contributed by atoms with Crippen LogP contribution < -0.4 is 4.90 Å². The molecule has 18 heavy (non-hydrogen) atoms. The summed E-state index contributed by atoms with van der Waals surface area (Å²) < 4.78 is 1.30. The van der Waals surface area contributed by atoms with Crippen molar-refractivity contribution in [1.82, 2.24) is 9.78 Å². The van der Waals surface area contributed by atoms with Crippen LogP contribution in [0.3, 0.4) is 0 Å². The van der Waals surface area contributed by atoms with Crippen LogP contribution in [0.15, 0.2) is 6.20 Å². The topological polar surface area (TPSA) is 95.7 Å². The quantitative estimate of drug-likeness (QED) is 0.748. The largest absolute Gasteiger partial charge is 0.477 e. The Morgan fingerprint density at radius 1 is 1.61 bits per heavy atom. The lowest BCUT2D eigenvalue weighted by Gasteiger charge is -2.18. The van der Waals surface area contributed by atoms with Crippen LogP contribution in [0.5, 0.6) is 0 Å². The molecule has 8 heteroatoms. The summed E-state index contributed by atoms with van der Waals surface area (Å²) in [6.45, 7) is 0.178. The number of carbonyl (C=O) groups excluding carboxylic acids is 1. The Kier molecular flexibility index (Phi) is 3.53. The Balaban J connectivity index is 2.43. The third-order valence-corrected chi connectivity index (χ3v) is 2.98. The van der Waals surface area contributed by atoms with Crippen LogP contribution in [0.25, 0.3) is 0 Å². The summed E-state index contributed by atoms with van der Waals surface area (Å²) in [6.07, 6.45) is 1.34. The van der Waals surface area contributed by atoms with Gasteiger partial charge in [-0.1, -0.05) is 0 Å². The summed E-state index contributed by atoms with van der Waals surface area (Å²) in [6, 6.07) is 0. The molecule has 2 N–H and O–H groups in total. The normalized spacial score (nSPS) is 19.6. The van der Waals surface area contributed by atoms with E-state index in [0.29, 0.717) is 0 Å². The van der Waals surface area contributed by atoms with Crippen LogP contribution in [-0.4, -0.2) is 50.4 Å². The van der Waals surface area contributed by atoms with Crippen molar-refractivity contribution in [3.8, 4) is 0 Å². The van der Waals surface area contributed by atoms with Gasteiger partial charge in [-0.25, -0.2) is 9.48 Å². The van der Waals surface area contributed by atoms with Gasteiger partial charge in [-0.05, 0) is 0 Å². The summed E-state index contributed by atoms with van der Waals surface area (Å²) in [5.74, 6) is -1.22. The molecule has 98 valence electrons. The van der Waals surface area contributed by atoms with Gasteiger partial charge in [-0.15, -0.1) is 11.6 Å². The summed E-state index contributed by atoms with van der Waals surface area (Å²) in [7, 11) is 0. The Labute approximate surface area is 108 Å². The first-order chi connectivity index (χ1) is 8.54. The van der Waals surface area contributed by atoms with Crippen LogP contribution >= 0.6 is 11.6 Å². The Morgan fingerprint density at radius 2 is 2.33 bits per heavy atom. The zero-order valence-electron chi connectivity index (χ0n) is 9.41. The molecular weight excluding hydrogens is 262 g/mol. The predicted molar refractivity (Wildman–Crippen MR) is 62.9 cm³/mol. The average Bonchev–Trinajstić information content (AvgIpc) is 2.82. The van der Waals surface area contributed by atoms with Gasteiger partial charge >= 0.3 is 5.97 Å². The maximum absolute atomic E-state index is 11.8. The van der Waals surface area contributed by atoms with Gasteiger partial charge in [0.2, 0.25) is 5.91 Å². The monoisotopic (exact) mass is 273 g/mol. The van der Waals surface area contributed by atoms with Crippen molar-refractivity contribution in [3.05, 3.63) is 11.8 Å². The molecule has 1 atom stereocenters. The number of aromatic carboxylic acids is 1. The summed E-state index contributed by atoms with van der Waals surface area (Å²) in [5.41, 5.74) is -0.0671. The van der Waals surface area contributed by atoms with Gasteiger partial charge in [-0.3, -0.25) is 9.69 Å². The van der Waals surface area contributed by atoms with Crippen molar-refractivity contribution in [1.29, 1.82) is 0 Å². The van der Waals surface area contributed by atoms with Crippen molar-refractivity contribution >= 4 is 29.3 Å². The molecule has 0 spiro atoms. The fourth-order valence-electron chi connectivity index (χ4n) is 1.94. The molecule has 1 aliphatic rings. The maximum atomic E-state index is 11.8. The second-order valence-corrected chi connectivity index (χ2v) is 4.56. The average molecular weight is 274 g/mol. The lowest BCUT2D eigenvalue weighted by Crippen LogP contribution is -2.29. The van der Waals surface area contributed by atoms with Gasteiger partial charge < -0.3 is 10.2 Å². The number of nitrogens with zero attached hydrogens (tertiary/aromatic N) is 3. The maximum Gasteiger partial charge on any atom is 0.341 e. The van der Waals surface area contributed by atoms with Crippen LogP contribution in [0.1, 0.15) is 16.8 Å². The van der Waals surface area contributed by atoms with Gasteiger partial charge in [0, 0.05) is 13.0 Å². The predicted octanol–water partition coefficient (Wildman–Crippen LogP) is -0.0823. The number of alkyl halides is 1. The number of carboxylic acids is 1. The lowest BCUT2D eigenvalue weighted by atomic mass is 10.3. The first kappa shape index (κ1) is 12.8. The number of carbonyl (C=O) groups is 2. The molecule has 2 heterocycles. The third kappa shape index (κ3) is 2.19. The minimum absolute atomic E-state index is 0.0671. The number of rotatable bonds is 4. The minimum Gasteiger partial charge on any atom is -0.477 e. The molecule has 0 aliphatic carbocycles. The van der Waals surface area contributed by atoms with Gasteiger partial charge in [0.1, 0.15) is 11.4 Å². The van der Waals surface area contributed by atoms with Crippen molar-refractivity contribution in [2.45, 2.75) is 18.3 Å². The Bertz CT molecular complexity index is 487. The van der Waals surface area contributed by atoms with Crippen molar-refractivity contribution in [3.63, 3.8) is 0 Å². The Morgan fingerprint density at radius 3 is 2.83 bits per heavy atom. The second-order valence-electron chi connectivity index (χ2n) is 3.94. The highest BCUT2D eigenvalue weighted by molar-refractivity contribution is 6.24. The van der Waals surface area contributed by atoms with Crippen molar-refractivity contribution in [2.24, 2.45) is 0 Å². The van der Waals surface area contributed by atoms with Crippen LogP contribution in [-0.2, 0) is 11.3 Å². The van der Waals surface area contributed by atoms with Gasteiger partial charge in [0.15, 0.2) is 0 Å². The molecule has 1 amide bonds. The number of aliphatic hydroxyl groups is 1. The van der Waals surface area contributed by atoms with E-state index in [1.807, 2.05) is 0 Å². The molecule has 1 aliphatic heterocycles. The molecule has 0 aromatic carbocycles. The van der Waals surface area contributed by atoms with E-state index in [0.717, 1.165) is 0 Å². The number of aliphatic hydroxyl groups excluding tert-OH is 1. The smallest absolute Gasteiger partial charge is 0.341 e. The standard InChI is InChI=1S/C10H12ClN3O4/c11-6-3-8(16)13(5-6)9-7(10(17)18)4-12-14(9)1-2-15/h4,6,15H,1-3,5H2,(H,17,18). The van der Waals surface area contributed by atoms with E-state index in [4.69, 9.17) is 21.8 Å². The molecule has 1 aromatic rings. The molecule has 7 nitrogen and oxygen atoms in total. The molecule has 1 aromatic heterocycles. The number of carboxylic acid groups (broad SMARTS) is 1. The van der Waals surface area contributed by atoms with E-state index in [2.05, 4.69) is 5.10 Å². The SMILES string of the molecule is O=C(O)c1cnn(CCO)c1N1CC(Cl)CC1=O. The van der Waals surface area contributed by atoms with Crippen molar-refractivity contribution < 1.29 is 19.8 Å². The zero-order valence-corrected chi connectivity index (χ0v) is 10.2. The number of hydrogen-bond acceptors (Lipinski definition) is 4. The molecule has 1 saturated heterocycles. The fraction of sp³-hybridized carbons (Fsp3) is 0.500. The lowest BCUT2D eigenvalue weighted by molar-refractivity contribution is -0.117. The van der Waals surface area contributed by atoms with Gasteiger partial charge in [0.25, 0.3) is 0 Å². The highest BCUT2D eigenvalue weighted by Gasteiger charge is 2.34. The number of anilines is 1. The molecule has 1 fully saturated rings. The van der Waals surface area contributed by atoms with E-state index in [1.54, 1.807) is 0 Å². The number of aromatic nitrogens is 2. The molecule has 0 bridgehead atoms. The summed E-state index contributed by atoms with van der Waals surface area (Å²) >= 11 is 5.89. The highest BCUT2D eigenvalue weighted by atomic mass is 35.5. The zero-order chi connectivity index (χ0) is 13.3. The molecule has 0 saturated carbocycles. The first-order valence-electron chi connectivity index (χ1n) is 5.39. The van der Waals surface area contributed by atoms with Crippen molar-refractivity contribution in [2.75, 3.05) is 18.1 Å². The van der Waals surface area contributed by atoms with E-state index < -0.39 is 5.97 Å². The van der Waals surface area contributed by atoms with E-state index in [9.17, 15) is 9.59 Å². The van der Waals surface area contributed by atoms with Crippen LogP contribution in [0.2, 0.25) is 0 Å². The van der Waals surface area contributed by atoms with E-state index in [-0.39, 0.29) is 48.8 Å². The molecule has 1 unspecified atom stereocenters. The van der Waals surface area contributed by atoms with E-state index in [1.165, 1.54) is 15.8 Å². The number of hydrogen-bond donors (Lipinski definition) is 2. The van der Waals surface area contributed by atoms with Crippen LogP contribution in [0.4, 0.5) is 5.82 Å². The van der Waals surface area contributed by atoms with Crippen LogP contribution in [0, 0.1) is 0 Å². The second kappa shape index (κ2) is 4.95. The van der Waals surface area contributed by atoms with Gasteiger partial charge in [0.05, 0.1) is 24.7 Å². The first-order valence-corrected chi connectivity index (χ1v) is 5.82. The number of amides is 1. The molecule has 0 radical (unpaired) electrons. The number of halogens is 1. The van der Waals surface area contributed by atoms with Gasteiger partial charge in [-0.2, -0.15) is 5.10 Å². The minimum atomic E-state index is -1.17. The third-order valence-electron chi connectivity index (χ3n) is 2.69. The van der Waals surface area contributed by atoms with E-state index >= 15 is 0 Å². The molecular formula is C10H12ClN3O4. The summed E-state index contributed by atoms with van der Waals surface area (Å²) in [5, 5.41) is 21.5.